The van der Waals surface area contributed by atoms with Crippen LogP contribution in [0.4, 0.5) is 5.69 Å². The monoisotopic (exact) mass is 376 g/mol. The molecule has 1 atom stereocenters. The molecule has 2 N–H and O–H groups in total. The van der Waals surface area contributed by atoms with Gasteiger partial charge in [0.1, 0.15) is 5.75 Å². The lowest BCUT2D eigenvalue weighted by atomic mass is 9.54. The van der Waals surface area contributed by atoms with Gasteiger partial charge in [-0.15, -0.1) is 0 Å². The van der Waals surface area contributed by atoms with Crippen LogP contribution in [0.3, 0.4) is 0 Å². The van der Waals surface area contributed by atoms with E-state index in [1.54, 1.807) is 19.1 Å². The Morgan fingerprint density at radius 3 is 2.38 bits per heavy atom. The first-order valence-electron chi connectivity index (χ1n) is 9.53. The summed E-state index contributed by atoms with van der Waals surface area (Å²) in [6.07, 6.45) is 5.41. The van der Waals surface area contributed by atoms with Gasteiger partial charge in [-0.25, -0.2) is 13.1 Å². The first-order chi connectivity index (χ1) is 12.4. The highest BCUT2D eigenvalue weighted by atomic mass is 32.2. The fourth-order valence-electron chi connectivity index (χ4n) is 5.72. The third-order valence-corrected chi connectivity index (χ3v) is 8.17. The summed E-state index contributed by atoms with van der Waals surface area (Å²) >= 11 is 0. The van der Waals surface area contributed by atoms with Crippen molar-refractivity contribution >= 4 is 21.6 Å². The van der Waals surface area contributed by atoms with Crippen molar-refractivity contribution in [3.05, 3.63) is 18.2 Å². The lowest BCUT2D eigenvalue weighted by Crippen LogP contribution is -2.55. The summed E-state index contributed by atoms with van der Waals surface area (Å²) in [5, 5.41) is 2.72. The average Bonchev–Trinajstić information content (AvgIpc) is 2.58. The maximum atomic E-state index is 13.0. The highest BCUT2D eigenvalue weighted by Crippen LogP contribution is 2.54. The van der Waals surface area contributed by atoms with Gasteiger partial charge in [-0.05, 0) is 80.9 Å². The van der Waals surface area contributed by atoms with E-state index >= 15 is 0 Å². The van der Waals surface area contributed by atoms with E-state index in [-0.39, 0.29) is 16.8 Å². The smallest absolute Gasteiger partial charge is 0.265 e. The number of hydrogen-bond acceptors (Lipinski definition) is 4. The van der Waals surface area contributed by atoms with Crippen molar-refractivity contribution in [3.8, 4) is 5.75 Å². The second-order valence-corrected chi connectivity index (χ2v) is 10.2. The molecule has 4 fully saturated rings. The summed E-state index contributed by atoms with van der Waals surface area (Å²) in [6, 6.07) is 4.73. The van der Waals surface area contributed by atoms with Gasteiger partial charge in [-0.3, -0.25) is 4.79 Å². The fraction of sp³-hybridized carbons (Fsp3) is 0.632. The number of carbonyl (C=O) groups excluding carboxylic acids is 1. The number of carbonyl (C=O) groups is 1. The summed E-state index contributed by atoms with van der Waals surface area (Å²) in [5.41, 5.74) is 0.418. The molecule has 4 bridgehead atoms. The highest BCUT2D eigenvalue weighted by Gasteiger charge is 2.49. The zero-order valence-corrected chi connectivity index (χ0v) is 15.6. The fourth-order valence-corrected chi connectivity index (χ4v) is 7.12. The normalized spacial score (nSPS) is 37.8. The molecule has 1 amide bonds. The Hall–Kier alpha value is -1.60. The van der Waals surface area contributed by atoms with Gasteiger partial charge in [0.05, 0.1) is 10.6 Å². The van der Waals surface area contributed by atoms with Crippen LogP contribution in [0.2, 0.25) is 0 Å². The minimum atomic E-state index is -3.63. The number of benzene rings is 1. The average molecular weight is 376 g/mol. The van der Waals surface area contributed by atoms with Crippen LogP contribution in [0, 0.1) is 23.7 Å². The molecular formula is C19H24N2O4S. The number of sulfonamides is 1. The minimum Gasteiger partial charge on any atom is -0.479 e. The SMILES string of the molecule is C[C@H]1Oc2ccc(S(=O)(=O)NC3C4CC5CC(C4)CC3C5)cc2NC1=O. The molecule has 0 unspecified atom stereocenters. The molecule has 4 aliphatic carbocycles. The van der Waals surface area contributed by atoms with Crippen molar-refractivity contribution in [1.29, 1.82) is 0 Å². The van der Waals surface area contributed by atoms with Gasteiger partial charge < -0.3 is 10.1 Å². The van der Waals surface area contributed by atoms with Crippen molar-refractivity contribution in [3.63, 3.8) is 0 Å². The number of rotatable bonds is 3. The largest absolute Gasteiger partial charge is 0.479 e. The number of nitrogens with one attached hydrogen (secondary N) is 2. The zero-order valence-electron chi connectivity index (χ0n) is 14.8. The van der Waals surface area contributed by atoms with Gasteiger partial charge in [0.15, 0.2) is 6.10 Å². The quantitative estimate of drug-likeness (QED) is 0.849. The van der Waals surface area contributed by atoms with E-state index in [9.17, 15) is 13.2 Å². The summed E-state index contributed by atoms with van der Waals surface area (Å²) in [7, 11) is -3.63. The molecule has 5 aliphatic rings. The van der Waals surface area contributed by atoms with Gasteiger partial charge in [0.2, 0.25) is 10.0 Å². The van der Waals surface area contributed by atoms with Crippen LogP contribution < -0.4 is 14.8 Å². The number of amides is 1. The number of anilines is 1. The Bertz CT molecular complexity index is 838. The molecule has 0 saturated heterocycles. The molecule has 140 valence electrons. The maximum Gasteiger partial charge on any atom is 0.265 e. The predicted octanol–water partition coefficient (Wildman–Crippen LogP) is 2.51. The van der Waals surface area contributed by atoms with Crippen LogP contribution >= 0.6 is 0 Å². The Morgan fingerprint density at radius 1 is 1.08 bits per heavy atom. The van der Waals surface area contributed by atoms with Gasteiger partial charge >= 0.3 is 0 Å². The van der Waals surface area contributed by atoms with Crippen molar-refractivity contribution in [2.24, 2.45) is 23.7 Å². The maximum absolute atomic E-state index is 13.0. The molecule has 1 aliphatic heterocycles. The van der Waals surface area contributed by atoms with Crippen LogP contribution in [0.1, 0.15) is 39.0 Å². The summed E-state index contributed by atoms with van der Waals surface area (Å²) in [4.78, 5) is 12.0. The molecular weight excluding hydrogens is 352 g/mol. The van der Waals surface area contributed by atoms with Crippen LogP contribution in [0.25, 0.3) is 0 Å². The van der Waals surface area contributed by atoms with E-state index < -0.39 is 16.1 Å². The predicted molar refractivity (Wildman–Crippen MR) is 96.3 cm³/mol. The second-order valence-electron chi connectivity index (χ2n) is 8.49. The molecule has 0 radical (unpaired) electrons. The van der Waals surface area contributed by atoms with Gasteiger partial charge in [-0.1, -0.05) is 0 Å². The first kappa shape index (κ1) is 16.6. The molecule has 7 heteroatoms. The summed E-state index contributed by atoms with van der Waals surface area (Å²) < 4.78 is 34.5. The molecule has 1 aromatic carbocycles. The highest BCUT2D eigenvalue weighted by molar-refractivity contribution is 7.89. The standard InChI is InChI=1S/C19H24N2O4S/c1-10-19(22)20-16-9-15(2-3-17(16)25-10)26(23,24)21-18-13-5-11-4-12(7-13)8-14(18)6-11/h2-3,9-14,18,21H,4-8H2,1H3,(H,20,22)/t10-,11?,12?,13?,14?,18?/m1/s1. The van der Waals surface area contributed by atoms with Gasteiger partial charge in [0.25, 0.3) is 5.91 Å². The second kappa shape index (κ2) is 5.70. The topological polar surface area (TPSA) is 84.5 Å². The van der Waals surface area contributed by atoms with Crippen LogP contribution in [0.5, 0.6) is 5.75 Å². The van der Waals surface area contributed by atoms with E-state index in [4.69, 9.17) is 4.74 Å². The van der Waals surface area contributed by atoms with E-state index in [0.717, 1.165) is 37.5 Å². The van der Waals surface area contributed by atoms with Crippen LogP contribution in [-0.2, 0) is 14.8 Å². The zero-order chi connectivity index (χ0) is 18.1. The third-order valence-electron chi connectivity index (χ3n) is 6.71. The molecule has 0 aromatic heterocycles. The molecule has 1 heterocycles. The van der Waals surface area contributed by atoms with Crippen molar-refractivity contribution in [2.45, 2.75) is 56.1 Å². The van der Waals surface area contributed by atoms with E-state index in [0.29, 0.717) is 23.3 Å². The van der Waals surface area contributed by atoms with E-state index in [2.05, 4.69) is 10.0 Å². The molecule has 26 heavy (non-hydrogen) atoms. The Balaban J connectivity index is 1.40. The van der Waals surface area contributed by atoms with Crippen molar-refractivity contribution in [2.75, 3.05) is 5.32 Å². The van der Waals surface area contributed by atoms with Crippen molar-refractivity contribution in [1.82, 2.24) is 4.72 Å². The molecule has 4 saturated carbocycles. The molecule has 1 aromatic rings. The van der Waals surface area contributed by atoms with Gasteiger partial charge in [-0.2, -0.15) is 0 Å². The third kappa shape index (κ3) is 2.63. The molecule has 6 rings (SSSR count). The summed E-state index contributed by atoms with van der Waals surface area (Å²) in [5.74, 6) is 2.80. The lowest BCUT2D eigenvalue weighted by molar-refractivity contribution is -0.122. The first-order valence-corrected chi connectivity index (χ1v) is 11.0. The number of fused-ring (bicyclic) bond motifs is 1. The van der Waals surface area contributed by atoms with Crippen molar-refractivity contribution < 1.29 is 17.9 Å². The van der Waals surface area contributed by atoms with Crippen LogP contribution in [-0.4, -0.2) is 26.5 Å². The number of ether oxygens (including phenoxy) is 1. The molecule has 0 spiro atoms. The summed E-state index contributed by atoms with van der Waals surface area (Å²) in [6.45, 7) is 1.66. The van der Waals surface area contributed by atoms with Crippen LogP contribution in [0.15, 0.2) is 23.1 Å². The lowest BCUT2D eigenvalue weighted by Gasteiger charge is -2.54. The minimum absolute atomic E-state index is 0.0506. The Labute approximate surface area is 153 Å². The van der Waals surface area contributed by atoms with E-state index in [1.165, 1.54) is 12.5 Å². The Morgan fingerprint density at radius 2 is 1.73 bits per heavy atom. The molecule has 6 nitrogen and oxygen atoms in total. The number of hydrogen-bond donors (Lipinski definition) is 2. The van der Waals surface area contributed by atoms with Gasteiger partial charge in [0, 0.05) is 6.04 Å². The Kier molecular flexibility index (Phi) is 3.63. The van der Waals surface area contributed by atoms with E-state index in [1.807, 2.05) is 0 Å².